The molecule has 0 aliphatic rings. The van der Waals surface area contributed by atoms with Crippen molar-refractivity contribution in [3.05, 3.63) is 29.3 Å². The van der Waals surface area contributed by atoms with Gasteiger partial charge in [-0.15, -0.1) is 0 Å². The summed E-state index contributed by atoms with van der Waals surface area (Å²) in [5, 5.41) is 18.6. The number of benzene rings is 1. The standard InChI is InChI=1S/C11H14N2O/c1-8-4-5-11(14)9(6-8)10(7-12)13(2)3/h4-6,10,14H,1-3H3. The number of hydrogen-bond acceptors (Lipinski definition) is 3. The zero-order chi connectivity index (χ0) is 10.7. The first-order chi connectivity index (χ1) is 6.56. The number of aromatic hydroxyl groups is 1. The average Bonchev–Trinajstić information content (AvgIpc) is 2.11. The van der Waals surface area contributed by atoms with E-state index in [1.165, 1.54) is 0 Å². The van der Waals surface area contributed by atoms with Crippen LogP contribution in [0.2, 0.25) is 0 Å². The fourth-order valence-electron chi connectivity index (χ4n) is 1.36. The van der Waals surface area contributed by atoms with Crippen LogP contribution in [0.5, 0.6) is 5.75 Å². The molecule has 1 aromatic rings. The fourth-order valence-corrected chi connectivity index (χ4v) is 1.36. The third-order valence-electron chi connectivity index (χ3n) is 2.12. The summed E-state index contributed by atoms with van der Waals surface area (Å²) in [5.41, 5.74) is 1.71. The van der Waals surface area contributed by atoms with Crippen LogP contribution in [-0.4, -0.2) is 24.1 Å². The Morgan fingerprint density at radius 1 is 1.43 bits per heavy atom. The Morgan fingerprint density at radius 2 is 2.07 bits per heavy atom. The molecule has 74 valence electrons. The van der Waals surface area contributed by atoms with E-state index in [9.17, 15) is 5.11 Å². The first-order valence-corrected chi connectivity index (χ1v) is 4.42. The van der Waals surface area contributed by atoms with Crippen LogP contribution in [0.4, 0.5) is 0 Å². The molecule has 0 fully saturated rings. The van der Waals surface area contributed by atoms with Gasteiger partial charge in [0, 0.05) is 5.56 Å². The molecule has 1 unspecified atom stereocenters. The van der Waals surface area contributed by atoms with Gasteiger partial charge in [-0.3, -0.25) is 4.90 Å². The molecule has 1 rings (SSSR count). The summed E-state index contributed by atoms with van der Waals surface area (Å²) < 4.78 is 0. The topological polar surface area (TPSA) is 47.3 Å². The van der Waals surface area contributed by atoms with Crippen LogP contribution in [0, 0.1) is 18.3 Å². The summed E-state index contributed by atoms with van der Waals surface area (Å²) in [6.45, 7) is 1.94. The van der Waals surface area contributed by atoms with Crippen molar-refractivity contribution in [2.75, 3.05) is 14.1 Å². The van der Waals surface area contributed by atoms with Crippen molar-refractivity contribution in [1.82, 2.24) is 4.90 Å². The number of phenols is 1. The summed E-state index contributed by atoms with van der Waals surface area (Å²) in [6.07, 6.45) is 0. The van der Waals surface area contributed by atoms with Crippen LogP contribution < -0.4 is 0 Å². The molecule has 0 amide bonds. The van der Waals surface area contributed by atoms with Gasteiger partial charge < -0.3 is 5.11 Å². The van der Waals surface area contributed by atoms with Crippen molar-refractivity contribution in [3.63, 3.8) is 0 Å². The van der Waals surface area contributed by atoms with Gasteiger partial charge in [0.05, 0.1) is 6.07 Å². The van der Waals surface area contributed by atoms with E-state index >= 15 is 0 Å². The van der Waals surface area contributed by atoms with Crippen molar-refractivity contribution in [2.24, 2.45) is 0 Å². The van der Waals surface area contributed by atoms with Crippen molar-refractivity contribution in [2.45, 2.75) is 13.0 Å². The fraction of sp³-hybridized carbons (Fsp3) is 0.364. The molecule has 0 spiro atoms. The molecule has 0 aliphatic carbocycles. The molecule has 0 aliphatic heterocycles. The molecule has 0 aromatic heterocycles. The van der Waals surface area contributed by atoms with E-state index in [0.29, 0.717) is 5.56 Å². The van der Waals surface area contributed by atoms with Gasteiger partial charge in [0.2, 0.25) is 0 Å². The quantitative estimate of drug-likeness (QED) is 0.773. The molecule has 1 aromatic carbocycles. The van der Waals surface area contributed by atoms with Gasteiger partial charge in [-0.25, -0.2) is 0 Å². The number of hydrogen-bond donors (Lipinski definition) is 1. The molecule has 3 heteroatoms. The molecule has 1 atom stereocenters. The van der Waals surface area contributed by atoms with E-state index in [1.54, 1.807) is 11.0 Å². The molecule has 0 radical (unpaired) electrons. The Bertz CT molecular complexity index is 366. The predicted molar refractivity (Wildman–Crippen MR) is 54.9 cm³/mol. The van der Waals surface area contributed by atoms with Crippen LogP contribution in [0.15, 0.2) is 18.2 Å². The van der Waals surface area contributed by atoms with Crippen LogP contribution in [0.3, 0.4) is 0 Å². The number of nitriles is 1. The zero-order valence-electron chi connectivity index (χ0n) is 8.65. The molecular weight excluding hydrogens is 176 g/mol. The van der Waals surface area contributed by atoms with E-state index in [2.05, 4.69) is 6.07 Å². The lowest BCUT2D eigenvalue weighted by Gasteiger charge is -2.18. The zero-order valence-corrected chi connectivity index (χ0v) is 8.65. The van der Waals surface area contributed by atoms with Crippen molar-refractivity contribution in [3.8, 4) is 11.8 Å². The lowest BCUT2D eigenvalue weighted by atomic mass is 10.0. The molecular formula is C11H14N2O. The highest BCUT2D eigenvalue weighted by atomic mass is 16.3. The average molecular weight is 190 g/mol. The van der Waals surface area contributed by atoms with E-state index in [4.69, 9.17) is 5.26 Å². The summed E-state index contributed by atoms with van der Waals surface area (Å²) in [4.78, 5) is 1.77. The van der Waals surface area contributed by atoms with E-state index in [0.717, 1.165) is 5.56 Å². The highest BCUT2D eigenvalue weighted by Gasteiger charge is 2.16. The van der Waals surface area contributed by atoms with E-state index in [-0.39, 0.29) is 5.75 Å². The number of rotatable bonds is 2. The Balaban J connectivity index is 3.17. The third kappa shape index (κ3) is 2.04. The monoisotopic (exact) mass is 190 g/mol. The largest absolute Gasteiger partial charge is 0.508 e. The summed E-state index contributed by atoms with van der Waals surface area (Å²) in [5.74, 6) is 0.177. The Kier molecular flexibility index (Phi) is 3.10. The van der Waals surface area contributed by atoms with Gasteiger partial charge in [-0.1, -0.05) is 11.6 Å². The molecule has 0 heterocycles. The maximum Gasteiger partial charge on any atom is 0.126 e. The minimum Gasteiger partial charge on any atom is -0.508 e. The Labute approximate surface area is 84.2 Å². The molecule has 1 N–H and O–H groups in total. The molecule has 14 heavy (non-hydrogen) atoms. The lowest BCUT2D eigenvalue weighted by Crippen LogP contribution is -2.18. The smallest absolute Gasteiger partial charge is 0.126 e. The maximum absolute atomic E-state index is 9.61. The summed E-state index contributed by atoms with van der Waals surface area (Å²) >= 11 is 0. The molecule has 0 bridgehead atoms. The SMILES string of the molecule is Cc1ccc(O)c(C(C#N)N(C)C)c1. The van der Waals surface area contributed by atoms with Crippen LogP contribution in [-0.2, 0) is 0 Å². The number of nitrogens with zero attached hydrogens (tertiary/aromatic N) is 2. The van der Waals surface area contributed by atoms with Gasteiger partial charge in [0.1, 0.15) is 11.8 Å². The highest BCUT2D eigenvalue weighted by Crippen LogP contribution is 2.27. The second-order valence-electron chi connectivity index (χ2n) is 3.56. The van der Waals surface area contributed by atoms with Crippen LogP contribution in [0.1, 0.15) is 17.2 Å². The van der Waals surface area contributed by atoms with E-state index < -0.39 is 6.04 Å². The predicted octanol–water partition coefficient (Wildman–Crippen LogP) is 1.83. The lowest BCUT2D eigenvalue weighted by molar-refractivity contribution is 0.346. The maximum atomic E-state index is 9.61. The minimum atomic E-state index is -0.394. The molecule has 0 saturated carbocycles. The number of phenolic OH excluding ortho intramolecular Hbond substituents is 1. The Morgan fingerprint density at radius 3 is 2.57 bits per heavy atom. The highest BCUT2D eigenvalue weighted by molar-refractivity contribution is 5.40. The van der Waals surface area contributed by atoms with Crippen molar-refractivity contribution in [1.29, 1.82) is 5.26 Å². The molecule has 3 nitrogen and oxygen atoms in total. The van der Waals surface area contributed by atoms with Gasteiger partial charge in [0.15, 0.2) is 0 Å². The normalized spacial score (nSPS) is 12.5. The van der Waals surface area contributed by atoms with E-state index in [1.807, 2.05) is 33.2 Å². The second-order valence-corrected chi connectivity index (χ2v) is 3.56. The van der Waals surface area contributed by atoms with Crippen molar-refractivity contribution < 1.29 is 5.11 Å². The van der Waals surface area contributed by atoms with Crippen LogP contribution >= 0.6 is 0 Å². The first-order valence-electron chi connectivity index (χ1n) is 4.42. The minimum absolute atomic E-state index is 0.177. The second kappa shape index (κ2) is 4.12. The van der Waals surface area contributed by atoms with Crippen molar-refractivity contribution >= 4 is 0 Å². The van der Waals surface area contributed by atoms with Gasteiger partial charge >= 0.3 is 0 Å². The van der Waals surface area contributed by atoms with Gasteiger partial charge in [-0.2, -0.15) is 5.26 Å². The first kappa shape index (κ1) is 10.6. The van der Waals surface area contributed by atoms with Gasteiger partial charge in [0.25, 0.3) is 0 Å². The van der Waals surface area contributed by atoms with Crippen LogP contribution in [0.25, 0.3) is 0 Å². The third-order valence-corrected chi connectivity index (χ3v) is 2.12. The Hall–Kier alpha value is -1.53. The summed E-state index contributed by atoms with van der Waals surface area (Å²) in [7, 11) is 3.63. The van der Waals surface area contributed by atoms with Gasteiger partial charge in [-0.05, 0) is 33.2 Å². The molecule has 0 saturated heterocycles. The number of aryl methyl sites for hydroxylation is 1. The summed E-state index contributed by atoms with van der Waals surface area (Å²) in [6, 6.07) is 7.04.